The largest absolute Gasteiger partial charge is 0.338 e. The standard InChI is InChI=1S/C26H26N6O/c1-31-15-13-30-25(31)24-23(28-11-12-29-24)21-8-5-14-32(18-21)26(33)20-9-10-27-22(17-20)16-19-6-3-2-4-7-19/h2-4,6-7,9-13,15,17,21H,5,8,14,16,18H2,1H3. The van der Waals surface area contributed by atoms with Crippen LogP contribution in [0.2, 0.25) is 0 Å². The number of likely N-dealkylation sites (tertiary alicyclic amines) is 1. The number of aryl methyl sites for hydroxylation is 1. The summed E-state index contributed by atoms with van der Waals surface area (Å²) in [6.07, 6.45) is 11.4. The number of amides is 1. The van der Waals surface area contributed by atoms with Crippen molar-refractivity contribution in [3.63, 3.8) is 0 Å². The van der Waals surface area contributed by atoms with Crippen LogP contribution < -0.4 is 0 Å². The lowest BCUT2D eigenvalue weighted by molar-refractivity contribution is 0.0705. The van der Waals surface area contributed by atoms with E-state index in [1.807, 2.05) is 53.0 Å². The minimum Gasteiger partial charge on any atom is -0.338 e. The summed E-state index contributed by atoms with van der Waals surface area (Å²) in [6, 6.07) is 13.9. The first-order valence-electron chi connectivity index (χ1n) is 11.3. The molecule has 4 heterocycles. The van der Waals surface area contributed by atoms with Crippen LogP contribution in [0, 0.1) is 0 Å². The molecule has 0 aliphatic carbocycles. The lowest BCUT2D eigenvalue weighted by atomic mass is 9.92. The van der Waals surface area contributed by atoms with E-state index in [-0.39, 0.29) is 11.8 Å². The van der Waals surface area contributed by atoms with E-state index in [0.717, 1.165) is 42.3 Å². The lowest BCUT2D eigenvalue weighted by Crippen LogP contribution is -2.39. The molecule has 5 rings (SSSR count). The number of imidazole rings is 1. The van der Waals surface area contributed by atoms with E-state index in [0.29, 0.717) is 18.5 Å². The van der Waals surface area contributed by atoms with Crippen molar-refractivity contribution in [3.8, 4) is 11.5 Å². The van der Waals surface area contributed by atoms with Gasteiger partial charge in [0.1, 0.15) is 5.69 Å². The molecule has 1 atom stereocenters. The van der Waals surface area contributed by atoms with E-state index < -0.39 is 0 Å². The van der Waals surface area contributed by atoms with E-state index in [4.69, 9.17) is 0 Å². The molecule has 1 aliphatic heterocycles. The zero-order chi connectivity index (χ0) is 22.6. The molecule has 0 bridgehead atoms. The maximum atomic E-state index is 13.4. The maximum Gasteiger partial charge on any atom is 0.253 e. The van der Waals surface area contributed by atoms with Crippen molar-refractivity contribution < 1.29 is 4.79 Å². The SMILES string of the molecule is Cn1ccnc1-c1nccnc1C1CCCN(C(=O)c2ccnc(Cc3ccccc3)c2)C1. The molecule has 1 unspecified atom stereocenters. The quantitative estimate of drug-likeness (QED) is 0.473. The van der Waals surface area contributed by atoms with Crippen molar-refractivity contribution in [1.29, 1.82) is 0 Å². The highest BCUT2D eigenvalue weighted by Crippen LogP contribution is 2.31. The number of pyridine rings is 1. The number of carbonyl (C=O) groups is 1. The van der Waals surface area contributed by atoms with Gasteiger partial charge in [-0.15, -0.1) is 0 Å². The summed E-state index contributed by atoms with van der Waals surface area (Å²) in [5.74, 6) is 0.953. The summed E-state index contributed by atoms with van der Waals surface area (Å²) >= 11 is 0. The van der Waals surface area contributed by atoms with Gasteiger partial charge < -0.3 is 9.47 Å². The van der Waals surface area contributed by atoms with Crippen LogP contribution in [0.5, 0.6) is 0 Å². The van der Waals surface area contributed by atoms with Crippen LogP contribution in [0.25, 0.3) is 11.5 Å². The Morgan fingerprint density at radius 2 is 1.85 bits per heavy atom. The monoisotopic (exact) mass is 438 g/mol. The Bertz CT molecular complexity index is 1250. The Balaban J connectivity index is 1.36. The Morgan fingerprint density at radius 3 is 2.67 bits per heavy atom. The van der Waals surface area contributed by atoms with Crippen LogP contribution in [-0.4, -0.2) is 48.4 Å². The van der Waals surface area contributed by atoms with Crippen molar-refractivity contribution in [1.82, 2.24) is 29.4 Å². The van der Waals surface area contributed by atoms with Gasteiger partial charge >= 0.3 is 0 Å². The predicted octanol–water partition coefficient (Wildman–Crippen LogP) is 3.88. The first-order chi connectivity index (χ1) is 16.2. The molecule has 1 aliphatic rings. The molecule has 33 heavy (non-hydrogen) atoms. The van der Waals surface area contributed by atoms with Crippen LogP contribution >= 0.6 is 0 Å². The van der Waals surface area contributed by atoms with Gasteiger partial charge in [-0.2, -0.15) is 0 Å². The number of nitrogens with zero attached hydrogens (tertiary/aromatic N) is 6. The van der Waals surface area contributed by atoms with Crippen molar-refractivity contribution in [2.45, 2.75) is 25.2 Å². The van der Waals surface area contributed by atoms with E-state index in [1.165, 1.54) is 5.56 Å². The van der Waals surface area contributed by atoms with Gasteiger partial charge in [-0.25, -0.2) is 9.97 Å². The third kappa shape index (κ3) is 4.53. The number of piperidine rings is 1. The molecule has 0 N–H and O–H groups in total. The van der Waals surface area contributed by atoms with Gasteiger partial charge in [-0.05, 0) is 30.5 Å². The summed E-state index contributed by atoms with van der Waals surface area (Å²) in [7, 11) is 1.95. The molecule has 0 radical (unpaired) electrons. The highest BCUT2D eigenvalue weighted by molar-refractivity contribution is 5.94. The van der Waals surface area contributed by atoms with Crippen molar-refractivity contribution in [2.75, 3.05) is 13.1 Å². The van der Waals surface area contributed by atoms with E-state index in [1.54, 1.807) is 24.8 Å². The summed E-state index contributed by atoms with van der Waals surface area (Å²) in [6.45, 7) is 1.36. The zero-order valence-corrected chi connectivity index (χ0v) is 18.6. The number of hydrogen-bond acceptors (Lipinski definition) is 5. The maximum absolute atomic E-state index is 13.4. The molecule has 4 aromatic rings. The molecular formula is C26H26N6O. The minimum atomic E-state index is 0.0406. The average Bonchev–Trinajstić information content (AvgIpc) is 3.30. The Kier molecular flexibility index (Phi) is 5.93. The highest BCUT2D eigenvalue weighted by atomic mass is 16.2. The Labute approximate surface area is 193 Å². The molecule has 7 heteroatoms. The number of benzene rings is 1. The first kappa shape index (κ1) is 21.0. The molecule has 0 saturated carbocycles. The minimum absolute atomic E-state index is 0.0406. The molecule has 1 saturated heterocycles. The number of rotatable bonds is 5. The molecule has 1 amide bonds. The van der Waals surface area contributed by atoms with Gasteiger partial charge in [-0.3, -0.25) is 14.8 Å². The molecule has 7 nitrogen and oxygen atoms in total. The fraction of sp³-hybridized carbons (Fsp3) is 0.269. The van der Waals surface area contributed by atoms with Crippen molar-refractivity contribution in [3.05, 3.63) is 96.0 Å². The Hall–Kier alpha value is -3.87. The summed E-state index contributed by atoms with van der Waals surface area (Å²) < 4.78 is 1.95. The predicted molar refractivity (Wildman–Crippen MR) is 126 cm³/mol. The average molecular weight is 439 g/mol. The molecule has 0 spiro atoms. The molecule has 1 aromatic carbocycles. The van der Waals surface area contributed by atoms with Crippen LogP contribution in [0.1, 0.15) is 46.1 Å². The summed E-state index contributed by atoms with van der Waals surface area (Å²) in [4.78, 5) is 33.5. The number of hydrogen-bond donors (Lipinski definition) is 0. The van der Waals surface area contributed by atoms with Crippen LogP contribution in [-0.2, 0) is 13.5 Å². The van der Waals surface area contributed by atoms with Crippen LogP contribution in [0.3, 0.4) is 0 Å². The van der Waals surface area contributed by atoms with Crippen LogP contribution in [0.4, 0.5) is 0 Å². The molecule has 1 fully saturated rings. The summed E-state index contributed by atoms with van der Waals surface area (Å²) in [5.41, 5.74) is 4.45. The van der Waals surface area contributed by atoms with Gasteiger partial charge in [0.2, 0.25) is 0 Å². The fourth-order valence-corrected chi connectivity index (χ4v) is 4.49. The Morgan fingerprint density at radius 1 is 1.00 bits per heavy atom. The van der Waals surface area contributed by atoms with Gasteiger partial charge in [0.15, 0.2) is 5.82 Å². The van der Waals surface area contributed by atoms with Gasteiger partial charge in [0.05, 0.1) is 5.69 Å². The highest BCUT2D eigenvalue weighted by Gasteiger charge is 2.29. The second-order valence-electron chi connectivity index (χ2n) is 8.44. The van der Waals surface area contributed by atoms with E-state index in [9.17, 15) is 4.79 Å². The fourth-order valence-electron chi connectivity index (χ4n) is 4.49. The molecular weight excluding hydrogens is 412 g/mol. The topological polar surface area (TPSA) is 76.8 Å². The van der Waals surface area contributed by atoms with E-state index >= 15 is 0 Å². The lowest BCUT2D eigenvalue weighted by Gasteiger charge is -2.33. The molecule has 166 valence electrons. The van der Waals surface area contributed by atoms with Gasteiger partial charge in [-0.1, -0.05) is 30.3 Å². The van der Waals surface area contributed by atoms with Crippen molar-refractivity contribution >= 4 is 5.91 Å². The second-order valence-corrected chi connectivity index (χ2v) is 8.44. The van der Waals surface area contributed by atoms with Crippen LogP contribution in [0.15, 0.2) is 73.4 Å². The third-order valence-electron chi connectivity index (χ3n) is 6.15. The van der Waals surface area contributed by atoms with E-state index in [2.05, 4.69) is 32.1 Å². The molecule has 3 aromatic heterocycles. The first-order valence-corrected chi connectivity index (χ1v) is 11.3. The number of aromatic nitrogens is 5. The number of carbonyl (C=O) groups excluding carboxylic acids is 1. The van der Waals surface area contributed by atoms with Gasteiger partial charge in [0, 0.05) is 74.7 Å². The smallest absolute Gasteiger partial charge is 0.253 e. The normalized spacial score (nSPS) is 16.0. The van der Waals surface area contributed by atoms with Crippen molar-refractivity contribution in [2.24, 2.45) is 7.05 Å². The summed E-state index contributed by atoms with van der Waals surface area (Å²) in [5, 5.41) is 0. The zero-order valence-electron chi connectivity index (χ0n) is 18.6. The second kappa shape index (κ2) is 9.32. The third-order valence-corrected chi connectivity index (χ3v) is 6.15. The van der Waals surface area contributed by atoms with Gasteiger partial charge in [0.25, 0.3) is 5.91 Å².